The average molecular weight is 492 g/mol. The zero-order chi connectivity index (χ0) is 20.7. The van der Waals surface area contributed by atoms with Crippen molar-refractivity contribution in [3.05, 3.63) is 58.7 Å². The Kier molecular flexibility index (Phi) is 5.63. The van der Waals surface area contributed by atoms with Gasteiger partial charge in [-0.15, -0.1) is 11.8 Å². The van der Waals surface area contributed by atoms with Crippen molar-refractivity contribution in [1.29, 1.82) is 0 Å². The molecule has 0 fully saturated rings. The van der Waals surface area contributed by atoms with Crippen molar-refractivity contribution in [2.75, 3.05) is 6.26 Å². The molecule has 2 aromatic carbocycles. The summed E-state index contributed by atoms with van der Waals surface area (Å²) in [4.78, 5) is 0.788. The van der Waals surface area contributed by atoms with Crippen molar-refractivity contribution in [2.45, 2.75) is 16.0 Å². The lowest BCUT2D eigenvalue weighted by Crippen LogP contribution is -2.12. The largest absolute Gasteiger partial charge is 0.435 e. The van der Waals surface area contributed by atoms with Gasteiger partial charge >= 0.3 is 6.18 Å². The minimum absolute atomic E-state index is 0.145. The van der Waals surface area contributed by atoms with Crippen LogP contribution in [0.5, 0.6) is 0 Å². The minimum atomic E-state index is -4.63. The van der Waals surface area contributed by atoms with Gasteiger partial charge in [-0.1, -0.05) is 6.07 Å². The number of sulfonamides is 1. The molecule has 11 heteroatoms. The molecule has 1 aromatic heterocycles. The van der Waals surface area contributed by atoms with Crippen LogP contribution in [0.4, 0.5) is 13.2 Å². The molecule has 28 heavy (non-hydrogen) atoms. The van der Waals surface area contributed by atoms with Crippen LogP contribution in [0.2, 0.25) is 0 Å². The van der Waals surface area contributed by atoms with Crippen molar-refractivity contribution >= 4 is 37.7 Å². The van der Waals surface area contributed by atoms with Crippen LogP contribution >= 0.6 is 27.7 Å². The first-order valence-corrected chi connectivity index (χ1v) is 11.2. The number of rotatable bonds is 4. The molecule has 1 heterocycles. The molecule has 0 amide bonds. The van der Waals surface area contributed by atoms with Crippen LogP contribution in [0.25, 0.3) is 16.9 Å². The molecule has 0 unspecified atom stereocenters. The fourth-order valence-electron chi connectivity index (χ4n) is 2.52. The molecule has 2 N–H and O–H groups in total. The number of benzene rings is 2. The lowest BCUT2D eigenvalue weighted by atomic mass is 10.1. The van der Waals surface area contributed by atoms with Gasteiger partial charge in [0.2, 0.25) is 10.0 Å². The highest BCUT2D eigenvalue weighted by molar-refractivity contribution is 9.10. The highest BCUT2D eigenvalue weighted by Crippen LogP contribution is 2.36. The summed E-state index contributed by atoms with van der Waals surface area (Å²) >= 11 is 4.90. The van der Waals surface area contributed by atoms with E-state index in [1.54, 1.807) is 18.2 Å². The summed E-state index contributed by atoms with van der Waals surface area (Å²) in [5.41, 5.74) is -0.0571. The first-order valence-electron chi connectivity index (χ1n) is 7.65. The number of halogens is 4. The summed E-state index contributed by atoms with van der Waals surface area (Å²) in [6.45, 7) is 0. The second-order valence-electron chi connectivity index (χ2n) is 5.71. The predicted molar refractivity (Wildman–Crippen MR) is 105 cm³/mol. The normalized spacial score (nSPS) is 12.4. The molecule has 3 aromatic rings. The number of alkyl halides is 3. The van der Waals surface area contributed by atoms with Crippen LogP contribution in [0, 0.1) is 0 Å². The van der Waals surface area contributed by atoms with E-state index in [0.29, 0.717) is 5.56 Å². The number of nitrogens with zero attached hydrogens (tertiary/aromatic N) is 2. The lowest BCUT2D eigenvalue weighted by Gasteiger charge is -2.10. The fourth-order valence-corrected chi connectivity index (χ4v) is 4.36. The van der Waals surface area contributed by atoms with E-state index in [-0.39, 0.29) is 16.3 Å². The van der Waals surface area contributed by atoms with Gasteiger partial charge in [0.25, 0.3) is 0 Å². The Hall–Kier alpha value is -1.82. The van der Waals surface area contributed by atoms with Gasteiger partial charge in [-0.25, -0.2) is 18.2 Å². The van der Waals surface area contributed by atoms with Gasteiger partial charge in [-0.2, -0.15) is 18.3 Å². The van der Waals surface area contributed by atoms with Crippen molar-refractivity contribution in [1.82, 2.24) is 9.78 Å². The quantitative estimate of drug-likeness (QED) is 0.537. The number of hydrogen-bond acceptors (Lipinski definition) is 4. The van der Waals surface area contributed by atoms with Crippen molar-refractivity contribution in [3.8, 4) is 16.9 Å². The fraction of sp³-hybridized carbons (Fsp3) is 0.118. The molecule has 0 saturated heterocycles. The van der Waals surface area contributed by atoms with Crippen LogP contribution in [0.15, 0.2) is 62.8 Å². The molecule has 148 valence electrons. The second kappa shape index (κ2) is 7.54. The molecule has 0 bridgehead atoms. The van der Waals surface area contributed by atoms with Crippen molar-refractivity contribution in [3.63, 3.8) is 0 Å². The molecule has 0 saturated carbocycles. The molecule has 0 radical (unpaired) electrons. The van der Waals surface area contributed by atoms with Gasteiger partial charge in [0.05, 0.1) is 16.3 Å². The van der Waals surface area contributed by atoms with Crippen LogP contribution in [0.1, 0.15) is 5.69 Å². The maximum atomic E-state index is 13.2. The van der Waals surface area contributed by atoms with E-state index in [4.69, 9.17) is 5.14 Å². The zero-order valence-corrected chi connectivity index (χ0v) is 17.5. The number of hydrogen-bond donors (Lipinski definition) is 1. The molecular formula is C17H13BrF3N3O2S2. The molecular weight excluding hydrogens is 479 g/mol. The highest BCUT2D eigenvalue weighted by Gasteiger charge is 2.35. The average Bonchev–Trinajstić information content (AvgIpc) is 3.07. The first kappa shape index (κ1) is 20.9. The molecule has 3 rings (SSSR count). The maximum absolute atomic E-state index is 13.2. The Morgan fingerprint density at radius 1 is 1.11 bits per heavy atom. The summed E-state index contributed by atoms with van der Waals surface area (Å²) in [5.74, 6) is 0. The minimum Gasteiger partial charge on any atom is -0.233 e. The molecule has 0 aliphatic carbocycles. The Morgan fingerprint density at radius 3 is 2.25 bits per heavy atom. The van der Waals surface area contributed by atoms with E-state index in [9.17, 15) is 21.6 Å². The van der Waals surface area contributed by atoms with Crippen molar-refractivity contribution in [2.24, 2.45) is 5.14 Å². The Labute approximate surface area is 171 Å². The van der Waals surface area contributed by atoms with Gasteiger partial charge in [-0.05, 0) is 64.7 Å². The third-order valence-corrected chi connectivity index (χ3v) is 6.50. The van der Waals surface area contributed by atoms with E-state index in [1.165, 1.54) is 36.0 Å². The summed E-state index contributed by atoms with van der Waals surface area (Å²) in [6.07, 6.45) is -2.74. The smallest absolute Gasteiger partial charge is 0.233 e. The molecule has 0 aliphatic heterocycles. The maximum Gasteiger partial charge on any atom is 0.435 e. The van der Waals surface area contributed by atoms with Crippen LogP contribution in [0.3, 0.4) is 0 Å². The van der Waals surface area contributed by atoms with Gasteiger partial charge in [0.1, 0.15) is 0 Å². The lowest BCUT2D eigenvalue weighted by molar-refractivity contribution is -0.141. The molecule has 0 atom stereocenters. The van der Waals surface area contributed by atoms with Crippen LogP contribution in [-0.2, 0) is 16.2 Å². The molecule has 5 nitrogen and oxygen atoms in total. The summed E-state index contributed by atoms with van der Waals surface area (Å²) in [5, 5.41) is 8.75. The van der Waals surface area contributed by atoms with Crippen LogP contribution in [-0.4, -0.2) is 24.5 Å². The van der Waals surface area contributed by atoms with Gasteiger partial charge in [0, 0.05) is 14.9 Å². The van der Waals surface area contributed by atoms with Crippen molar-refractivity contribution < 1.29 is 21.6 Å². The summed E-state index contributed by atoms with van der Waals surface area (Å²) in [7, 11) is -3.91. The first-order chi connectivity index (χ1) is 13.0. The summed E-state index contributed by atoms with van der Waals surface area (Å²) < 4.78 is 64.4. The number of thioether (sulfide) groups is 1. The van der Waals surface area contributed by atoms with E-state index in [1.807, 2.05) is 6.26 Å². The Bertz CT molecular complexity index is 1130. The molecule has 0 spiro atoms. The third kappa shape index (κ3) is 4.27. The summed E-state index contributed by atoms with van der Waals surface area (Å²) in [6, 6.07) is 11.3. The Balaban J connectivity index is 2.18. The van der Waals surface area contributed by atoms with E-state index >= 15 is 0 Å². The predicted octanol–water partition coefficient (Wildman–Crippen LogP) is 4.69. The number of primary sulfonamides is 1. The SMILES string of the molecule is CSc1ccc(-c2cc(C(F)(F)F)nn2-c2ccc(S(N)(=O)=O)cc2)cc1Br. The van der Waals surface area contributed by atoms with Gasteiger partial charge in [0.15, 0.2) is 5.69 Å². The van der Waals surface area contributed by atoms with E-state index in [2.05, 4.69) is 21.0 Å². The van der Waals surface area contributed by atoms with E-state index in [0.717, 1.165) is 20.1 Å². The van der Waals surface area contributed by atoms with Gasteiger partial charge in [-0.3, -0.25) is 0 Å². The van der Waals surface area contributed by atoms with Gasteiger partial charge < -0.3 is 0 Å². The zero-order valence-electron chi connectivity index (χ0n) is 14.2. The number of nitrogens with two attached hydrogens (primary N) is 1. The highest BCUT2D eigenvalue weighted by atomic mass is 79.9. The topological polar surface area (TPSA) is 78.0 Å². The number of aromatic nitrogens is 2. The third-order valence-electron chi connectivity index (χ3n) is 3.86. The standard InChI is InChI=1S/C17H13BrF3N3O2S2/c1-27-15-7-2-10(8-13(15)18)14-9-16(17(19,20)21)23-24(14)11-3-5-12(6-4-11)28(22,25)26/h2-9H,1H3,(H2,22,25,26). The molecule has 0 aliphatic rings. The Morgan fingerprint density at radius 2 is 1.75 bits per heavy atom. The second-order valence-corrected chi connectivity index (χ2v) is 8.98. The monoisotopic (exact) mass is 491 g/mol. The van der Waals surface area contributed by atoms with Crippen LogP contribution < -0.4 is 5.14 Å². The van der Waals surface area contributed by atoms with E-state index < -0.39 is 21.9 Å².